The van der Waals surface area contributed by atoms with Crippen molar-refractivity contribution >= 4 is 11.6 Å². The molecule has 3 aromatic heterocycles. The summed E-state index contributed by atoms with van der Waals surface area (Å²) in [7, 11) is 1.50. The number of nitrogens with zero attached hydrogens (tertiary/aromatic N) is 5. The number of aromatic nitrogens is 3. The Morgan fingerprint density at radius 1 is 1.15 bits per heavy atom. The van der Waals surface area contributed by atoms with E-state index in [9.17, 15) is 23.1 Å². The molecular weight excluding hydrogens is 515 g/mol. The first-order valence-corrected chi connectivity index (χ1v) is 12.5. The van der Waals surface area contributed by atoms with Crippen LogP contribution in [0.5, 0.6) is 5.75 Å². The number of alkyl halides is 3. The number of ether oxygens (including phenoxy) is 1. The molecule has 0 radical (unpaired) electrons. The Morgan fingerprint density at radius 2 is 1.85 bits per heavy atom. The van der Waals surface area contributed by atoms with Crippen molar-refractivity contribution in [2.24, 2.45) is 0 Å². The predicted octanol–water partition coefficient (Wildman–Crippen LogP) is 3.74. The van der Waals surface area contributed by atoms with Gasteiger partial charge in [-0.15, -0.1) is 0 Å². The number of rotatable bonds is 5. The molecule has 1 aliphatic heterocycles. The Balaban J connectivity index is 1.32. The average Bonchev–Trinajstić information content (AvgIpc) is 3.28. The van der Waals surface area contributed by atoms with Gasteiger partial charge in [-0.05, 0) is 37.3 Å². The van der Waals surface area contributed by atoms with Crippen LogP contribution in [0.2, 0.25) is 0 Å². The van der Waals surface area contributed by atoms with Gasteiger partial charge in [0.05, 0.1) is 43.2 Å². The molecule has 1 saturated heterocycles. The number of amides is 1. The van der Waals surface area contributed by atoms with Crippen molar-refractivity contribution in [1.29, 1.82) is 0 Å². The van der Waals surface area contributed by atoms with Gasteiger partial charge in [0.15, 0.2) is 11.3 Å². The molecule has 4 aromatic rings. The molecule has 0 bridgehead atoms. The van der Waals surface area contributed by atoms with Gasteiger partial charge >= 0.3 is 6.18 Å². The number of aliphatic hydroxyl groups excluding tert-OH is 1. The molecule has 1 amide bonds. The number of halogens is 3. The van der Waals surface area contributed by atoms with Crippen LogP contribution in [0.4, 0.5) is 13.2 Å². The second-order valence-corrected chi connectivity index (χ2v) is 9.89. The first-order valence-electron chi connectivity index (χ1n) is 12.5. The Morgan fingerprint density at radius 3 is 2.41 bits per heavy atom. The molecule has 1 saturated carbocycles. The van der Waals surface area contributed by atoms with Gasteiger partial charge in [-0.1, -0.05) is 0 Å². The van der Waals surface area contributed by atoms with Crippen LogP contribution < -0.4 is 4.74 Å². The molecule has 1 aliphatic carbocycles. The molecule has 2 fully saturated rings. The Kier molecular flexibility index (Phi) is 5.92. The molecule has 9 nitrogen and oxygen atoms in total. The summed E-state index contributed by atoms with van der Waals surface area (Å²) in [6, 6.07) is 8.37. The number of benzene rings is 1. The van der Waals surface area contributed by atoms with Gasteiger partial charge in [0.1, 0.15) is 11.3 Å². The first-order chi connectivity index (χ1) is 18.6. The van der Waals surface area contributed by atoms with E-state index < -0.39 is 29.4 Å². The number of carbonyl (C=O) groups excluding carboxylic acids is 1. The number of fused-ring (bicyclic) bond motifs is 1. The highest BCUT2D eigenvalue weighted by atomic mass is 19.4. The molecule has 1 N–H and O–H groups in total. The molecular formula is C27H26F3N5O4. The fourth-order valence-electron chi connectivity index (χ4n) is 5.65. The van der Waals surface area contributed by atoms with E-state index in [0.29, 0.717) is 48.4 Å². The highest BCUT2D eigenvalue weighted by Crippen LogP contribution is 2.51. The quantitative estimate of drug-likeness (QED) is 0.411. The summed E-state index contributed by atoms with van der Waals surface area (Å²) in [6.07, 6.45) is -0.331. The van der Waals surface area contributed by atoms with Crippen molar-refractivity contribution in [3.8, 4) is 17.0 Å². The Hall–Kier alpha value is -3.90. The minimum Gasteiger partial charge on any atom is -0.497 e. The topological polar surface area (TPSA) is 96.3 Å². The molecule has 6 rings (SSSR count). The molecule has 2 atom stereocenters. The fraction of sp³-hybridized carbons (Fsp3) is 0.370. The molecule has 1 aromatic carbocycles. The zero-order valence-electron chi connectivity index (χ0n) is 21.3. The van der Waals surface area contributed by atoms with Crippen LogP contribution in [0, 0.1) is 6.92 Å². The normalized spacial score (nSPS) is 21.9. The van der Waals surface area contributed by atoms with Crippen molar-refractivity contribution in [3.63, 3.8) is 0 Å². The van der Waals surface area contributed by atoms with E-state index in [1.165, 1.54) is 14.0 Å². The van der Waals surface area contributed by atoms with Gasteiger partial charge in [0.2, 0.25) is 0 Å². The van der Waals surface area contributed by atoms with Crippen LogP contribution in [0.3, 0.4) is 0 Å². The molecule has 204 valence electrons. The van der Waals surface area contributed by atoms with Gasteiger partial charge in [0, 0.05) is 49.3 Å². The number of carbonyl (C=O) groups is 1. The van der Waals surface area contributed by atoms with E-state index in [0.717, 1.165) is 11.8 Å². The largest absolute Gasteiger partial charge is 0.497 e. The lowest BCUT2D eigenvalue weighted by atomic mass is 10.0. The highest BCUT2D eigenvalue weighted by Gasteiger charge is 2.59. The number of hydrogen-bond donors (Lipinski definition) is 1. The number of aliphatic hydroxyl groups is 1. The van der Waals surface area contributed by atoms with Crippen LogP contribution in [-0.2, 0) is 11.7 Å². The Bertz CT molecular complexity index is 1530. The summed E-state index contributed by atoms with van der Waals surface area (Å²) in [6.45, 7) is 3.01. The molecule has 0 spiro atoms. The van der Waals surface area contributed by atoms with Gasteiger partial charge in [0.25, 0.3) is 5.91 Å². The maximum atomic E-state index is 14.2. The van der Waals surface area contributed by atoms with Crippen molar-refractivity contribution in [2.75, 3.05) is 33.3 Å². The summed E-state index contributed by atoms with van der Waals surface area (Å²) in [5, 5.41) is 14.4. The van der Waals surface area contributed by atoms with Gasteiger partial charge in [-0.3, -0.25) is 9.69 Å². The smallest absolute Gasteiger partial charge is 0.433 e. The molecule has 4 heterocycles. The minimum atomic E-state index is -4.73. The lowest BCUT2D eigenvalue weighted by Gasteiger charge is -2.39. The van der Waals surface area contributed by atoms with Gasteiger partial charge in [-0.25, -0.2) is 9.50 Å². The van der Waals surface area contributed by atoms with E-state index in [2.05, 4.69) is 15.0 Å². The zero-order valence-corrected chi connectivity index (χ0v) is 21.3. The first kappa shape index (κ1) is 25.4. The maximum absolute atomic E-state index is 14.2. The van der Waals surface area contributed by atoms with Crippen molar-refractivity contribution < 1.29 is 32.2 Å². The van der Waals surface area contributed by atoms with E-state index in [1.807, 2.05) is 6.07 Å². The third-order valence-electron chi connectivity index (χ3n) is 7.79. The zero-order chi connectivity index (χ0) is 27.5. The molecule has 39 heavy (non-hydrogen) atoms. The monoisotopic (exact) mass is 541 g/mol. The van der Waals surface area contributed by atoms with Crippen molar-refractivity contribution in [3.05, 3.63) is 71.4 Å². The number of methoxy groups -OCH3 is 1. The van der Waals surface area contributed by atoms with Crippen LogP contribution in [0.15, 0.2) is 53.5 Å². The third-order valence-corrected chi connectivity index (χ3v) is 7.79. The lowest BCUT2D eigenvalue weighted by molar-refractivity contribution is -0.143. The van der Waals surface area contributed by atoms with Crippen LogP contribution in [0.1, 0.15) is 33.6 Å². The lowest BCUT2D eigenvalue weighted by Crippen LogP contribution is -2.53. The summed E-state index contributed by atoms with van der Waals surface area (Å²) < 4.78 is 53.8. The minimum absolute atomic E-state index is 0.000263. The average molecular weight is 542 g/mol. The van der Waals surface area contributed by atoms with E-state index in [1.54, 1.807) is 41.7 Å². The van der Waals surface area contributed by atoms with Crippen LogP contribution in [-0.4, -0.2) is 74.8 Å². The van der Waals surface area contributed by atoms with Crippen LogP contribution >= 0.6 is 0 Å². The fourth-order valence-corrected chi connectivity index (χ4v) is 5.65. The Labute approximate surface area is 221 Å². The van der Waals surface area contributed by atoms with Crippen LogP contribution in [0.25, 0.3) is 16.9 Å². The molecule has 2 aliphatic rings. The molecule has 1 unspecified atom stereocenters. The van der Waals surface area contributed by atoms with Gasteiger partial charge in [-0.2, -0.15) is 18.3 Å². The molecule has 12 heteroatoms. The van der Waals surface area contributed by atoms with E-state index in [4.69, 9.17) is 9.15 Å². The second kappa shape index (κ2) is 9.09. The number of furan rings is 1. The summed E-state index contributed by atoms with van der Waals surface area (Å²) in [5.41, 5.74) is -0.291. The number of piperazine rings is 1. The van der Waals surface area contributed by atoms with Gasteiger partial charge < -0.3 is 19.2 Å². The van der Waals surface area contributed by atoms with E-state index >= 15 is 0 Å². The van der Waals surface area contributed by atoms with Crippen molar-refractivity contribution in [2.45, 2.75) is 31.2 Å². The predicted molar refractivity (Wildman–Crippen MR) is 133 cm³/mol. The summed E-state index contributed by atoms with van der Waals surface area (Å²) >= 11 is 0. The number of hydrogen-bond acceptors (Lipinski definition) is 7. The van der Waals surface area contributed by atoms with Crippen molar-refractivity contribution in [1.82, 2.24) is 24.4 Å². The summed E-state index contributed by atoms with van der Waals surface area (Å²) in [4.78, 5) is 21.8. The second-order valence-electron chi connectivity index (χ2n) is 9.89. The SMILES string of the molecule is COc1ccc(-c2nc3c(C(=O)N4CCN(C5(c6ccoc6)C[C@@H]5O)CC4)cnn3c(C(F)(F)F)c2C)cc1. The summed E-state index contributed by atoms with van der Waals surface area (Å²) in [5.74, 6) is 0.115. The standard InChI is InChI=1S/C27H26F3N5O4/c1-16-22(17-3-5-19(38-2)6-4-17)32-24-20(14-31-35(24)23(16)27(28,29)30)25(37)33-8-10-34(11-9-33)26(13-21(26)36)18-7-12-39-15-18/h3-7,12,14-15,21,36H,8-11,13H2,1-2H3/t21-,26?/m0/s1. The van der Waals surface area contributed by atoms with E-state index in [-0.39, 0.29) is 22.5 Å². The third kappa shape index (κ3) is 4.05. The highest BCUT2D eigenvalue weighted by molar-refractivity contribution is 6.00. The maximum Gasteiger partial charge on any atom is 0.433 e.